The van der Waals surface area contributed by atoms with Crippen LogP contribution in [0.25, 0.3) is 34.2 Å². The molecule has 1 aromatic carbocycles. The number of aliphatic hydroxyl groups excluding tert-OH is 1. The SMILES string of the molecule is CN(C)C(=O)c1cccc(-c2cc(C(F)(F)F)nn2CC(F)(F)F)n1.CN(C)C(=O)c1cccc(-c2cc(C(F)(F)F)nn2CCO)n1.CN(C)C(=O)c1cccc(-c2cc(C(F)(F)F)nn2Cc2ccccc2)n1. The summed E-state index contributed by atoms with van der Waals surface area (Å²) in [4.78, 5) is 52.0. The molecule has 0 aliphatic carbocycles. The zero-order chi connectivity index (χ0) is 55.8. The molecule has 0 saturated heterocycles. The Labute approximate surface area is 418 Å². The van der Waals surface area contributed by atoms with E-state index in [-0.39, 0.29) is 81.7 Å². The monoisotopic (exact) mass is 1070 g/mol. The van der Waals surface area contributed by atoms with Crippen molar-refractivity contribution in [3.05, 3.63) is 143 Å². The molecular weight excluding hydrogens is 1020 g/mol. The topological polar surface area (TPSA) is 173 Å². The minimum atomic E-state index is -4.91. The van der Waals surface area contributed by atoms with Crippen molar-refractivity contribution in [2.75, 3.05) is 48.9 Å². The molecule has 3 amide bonds. The molecule has 0 aliphatic heterocycles. The maximum atomic E-state index is 13.2. The molecule has 0 fully saturated rings. The van der Waals surface area contributed by atoms with Crippen molar-refractivity contribution in [2.45, 2.75) is 44.3 Å². The van der Waals surface area contributed by atoms with E-state index in [4.69, 9.17) is 5.11 Å². The fourth-order valence-corrected chi connectivity index (χ4v) is 6.49. The lowest BCUT2D eigenvalue weighted by Crippen LogP contribution is -2.23. The van der Waals surface area contributed by atoms with Gasteiger partial charge in [-0.05, 0) is 60.2 Å². The molecule has 75 heavy (non-hydrogen) atoms. The molecule has 16 nitrogen and oxygen atoms in total. The Hall–Kier alpha value is -8.17. The summed E-state index contributed by atoms with van der Waals surface area (Å²) < 4.78 is 157. The molecule has 28 heteroatoms. The van der Waals surface area contributed by atoms with Gasteiger partial charge in [0.2, 0.25) is 0 Å². The van der Waals surface area contributed by atoms with Crippen molar-refractivity contribution in [1.29, 1.82) is 0 Å². The maximum Gasteiger partial charge on any atom is 0.435 e. The van der Waals surface area contributed by atoms with Gasteiger partial charge in [0.1, 0.15) is 23.6 Å². The molecule has 0 spiro atoms. The minimum Gasteiger partial charge on any atom is -0.394 e. The predicted octanol–water partition coefficient (Wildman–Crippen LogP) is 8.60. The Morgan fingerprint density at radius 2 is 0.800 bits per heavy atom. The van der Waals surface area contributed by atoms with Gasteiger partial charge in [0.05, 0.1) is 53.9 Å². The number of alkyl halides is 12. The number of aliphatic hydroxyl groups is 1. The van der Waals surface area contributed by atoms with Gasteiger partial charge in [-0.2, -0.15) is 68.0 Å². The van der Waals surface area contributed by atoms with Crippen LogP contribution in [0.15, 0.2) is 103 Å². The first-order chi connectivity index (χ1) is 34.9. The van der Waals surface area contributed by atoms with Crippen LogP contribution in [0, 0.1) is 0 Å². The van der Waals surface area contributed by atoms with E-state index in [9.17, 15) is 67.1 Å². The van der Waals surface area contributed by atoms with Gasteiger partial charge in [-0.3, -0.25) is 28.4 Å². The Bertz CT molecular complexity index is 3090. The fraction of sp³-hybridized carbons (Fsp3) is 0.298. The average Bonchev–Trinajstić information content (AvgIpc) is 4.09. The van der Waals surface area contributed by atoms with Gasteiger partial charge in [-0.25, -0.2) is 15.0 Å². The normalized spacial score (nSPS) is 11.8. The number of amides is 3. The molecule has 0 radical (unpaired) electrons. The maximum absolute atomic E-state index is 13.2. The second-order valence-corrected chi connectivity index (χ2v) is 16.4. The number of rotatable bonds is 11. The highest BCUT2D eigenvalue weighted by Gasteiger charge is 2.39. The van der Waals surface area contributed by atoms with E-state index in [0.717, 1.165) is 22.4 Å². The lowest BCUT2D eigenvalue weighted by molar-refractivity contribution is -0.148. The molecule has 6 heterocycles. The van der Waals surface area contributed by atoms with Crippen molar-refractivity contribution < 1.29 is 72.2 Å². The molecule has 0 aliphatic rings. The zero-order valence-corrected chi connectivity index (χ0v) is 40.2. The second-order valence-electron chi connectivity index (χ2n) is 16.4. The van der Waals surface area contributed by atoms with Crippen molar-refractivity contribution >= 4 is 17.7 Å². The number of benzene rings is 1. The molecule has 1 N–H and O–H groups in total. The number of hydrogen-bond acceptors (Lipinski definition) is 10. The summed E-state index contributed by atoms with van der Waals surface area (Å²) in [6, 6.07) is 24.3. The third-order valence-electron chi connectivity index (χ3n) is 9.94. The molecular formula is C47H44F12N12O4. The summed E-state index contributed by atoms with van der Waals surface area (Å²) in [5.41, 5.74) is -2.61. The molecule has 0 atom stereocenters. The van der Waals surface area contributed by atoms with Crippen molar-refractivity contribution in [3.63, 3.8) is 0 Å². The Morgan fingerprint density at radius 3 is 1.13 bits per heavy atom. The molecule has 0 saturated carbocycles. The van der Waals surface area contributed by atoms with Crippen LogP contribution in [0.5, 0.6) is 0 Å². The highest BCUT2D eigenvalue weighted by molar-refractivity contribution is 5.93. The Balaban J connectivity index is 0.000000209. The lowest BCUT2D eigenvalue weighted by atomic mass is 10.2. The Morgan fingerprint density at radius 1 is 0.467 bits per heavy atom. The van der Waals surface area contributed by atoms with Gasteiger partial charge in [0, 0.05) is 42.3 Å². The number of halogens is 12. The van der Waals surface area contributed by atoms with Crippen LogP contribution in [0.4, 0.5) is 52.7 Å². The largest absolute Gasteiger partial charge is 0.435 e. The van der Waals surface area contributed by atoms with Crippen LogP contribution in [0.2, 0.25) is 0 Å². The number of carbonyl (C=O) groups is 3. The van der Waals surface area contributed by atoms with Crippen LogP contribution in [0.1, 0.15) is 54.1 Å². The number of aromatic nitrogens is 9. The van der Waals surface area contributed by atoms with Gasteiger partial charge in [-0.1, -0.05) is 48.5 Å². The van der Waals surface area contributed by atoms with Crippen LogP contribution >= 0.6 is 0 Å². The summed E-state index contributed by atoms with van der Waals surface area (Å²) in [6.07, 6.45) is -18.9. The zero-order valence-electron chi connectivity index (χ0n) is 40.2. The summed E-state index contributed by atoms with van der Waals surface area (Å²) >= 11 is 0. The van der Waals surface area contributed by atoms with Crippen molar-refractivity contribution in [2.24, 2.45) is 0 Å². The summed E-state index contributed by atoms with van der Waals surface area (Å²) in [6.45, 7) is -2.05. The molecule has 0 unspecified atom stereocenters. The van der Waals surface area contributed by atoms with Gasteiger partial charge < -0.3 is 19.8 Å². The van der Waals surface area contributed by atoms with E-state index in [2.05, 4.69) is 30.2 Å². The summed E-state index contributed by atoms with van der Waals surface area (Å²) in [5, 5.41) is 19.2. The van der Waals surface area contributed by atoms with Gasteiger partial charge in [0.25, 0.3) is 17.7 Å². The van der Waals surface area contributed by atoms with E-state index in [1.54, 1.807) is 64.6 Å². The first-order valence-corrected chi connectivity index (χ1v) is 21.6. The highest BCUT2D eigenvalue weighted by Crippen LogP contribution is 2.35. The van der Waals surface area contributed by atoms with Gasteiger partial charge in [-0.15, -0.1) is 0 Å². The lowest BCUT2D eigenvalue weighted by Gasteiger charge is -2.12. The third kappa shape index (κ3) is 15.4. The summed E-state index contributed by atoms with van der Waals surface area (Å²) in [5.74, 6) is -1.24. The van der Waals surface area contributed by atoms with E-state index >= 15 is 0 Å². The summed E-state index contributed by atoms with van der Waals surface area (Å²) in [7, 11) is 9.14. The highest BCUT2D eigenvalue weighted by atomic mass is 19.4. The molecule has 7 rings (SSSR count). The number of pyridine rings is 3. The molecule has 400 valence electrons. The Kier molecular flexibility index (Phi) is 18.0. The van der Waals surface area contributed by atoms with E-state index in [0.29, 0.717) is 6.07 Å². The van der Waals surface area contributed by atoms with E-state index < -0.39 is 59.9 Å². The second kappa shape index (κ2) is 23.4. The van der Waals surface area contributed by atoms with Crippen molar-refractivity contribution in [1.82, 2.24) is 59.0 Å². The number of hydrogen-bond donors (Lipinski definition) is 1. The van der Waals surface area contributed by atoms with E-state index in [1.807, 2.05) is 6.07 Å². The van der Waals surface area contributed by atoms with Crippen LogP contribution in [-0.4, -0.2) is 137 Å². The predicted molar refractivity (Wildman–Crippen MR) is 244 cm³/mol. The third-order valence-corrected chi connectivity index (χ3v) is 9.94. The standard InChI is InChI=1S/C19H17F3N4O.C14H12F6N4O.C14H15F3N4O2/c1-25(2)18(27)15-10-6-9-14(23-15)16-11-17(19(20,21)22)24-26(16)12-13-7-4-3-5-8-13;1-23(2)12(25)9-5-3-4-8(21-9)10-6-11(14(18,19)20)22-24(10)7-13(15,16)17;1-20(2)13(23)10-5-3-4-9(18-10)11-8-12(14(15,16)17)19-21(11)6-7-22/h3-11H,12H2,1-2H3;3-6H,7H2,1-2H3;3-5,8,22H,6-7H2,1-2H3. The number of nitrogens with zero attached hydrogens (tertiary/aromatic N) is 12. The first-order valence-electron chi connectivity index (χ1n) is 21.6. The smallest absolute Gasteiger partial charge is 0.394 e. The number of carbonyl (C=O) groups excluding carboxylic acids is 3. The van der Waals surface area contributed by atoms with Crippen LogP contribution in [0.3, 0.4) is 0 Å². The first kappa shape index (κ1) is 57.7. The molecule has 0 bridgehead atoms. The van der Waals surface area contributed by atoms with Crippen LogP contribution in [-0.2, 0) is 38.2 Å². The minimum absolute atomic E-state index is 0.0831. The van der Waals surface area contributed by atoms with Gasteiger partial charge in [0.15, 0.2) is 17.1 Å². The van der Waals surface area contributed by atoms with Crippen molar-refractivity contribution in [3.8, 4) is 34.2 Å². The quantitative estimate of drug-likeness (QED) is 0.124. The average molecular weight is 1070 g/mol. The van der Waals surface area contributed by atoms with E-state index in [1.165, 1.54) is 75.9 Å². The fourth-order valence-electron chi connectivity index (χ4n) is 6.49. The molecule has 6 aromatic heterocycles. The van der Waals surface area contributed by atoms with Gasteiger partial charge >= 0.3 is 24.7 Å². The van der Waals surface area contributed by atoms with Crippen LogP contribution < -0.4 is 0 Å². The molecule has 7 aromatic rings.